The number of hydrogen-bond donors (Lipinski definition) is 1. The number of carboxylic acids is 1. The van der Waals surface area contributed by atoms with Crippen molar-refractivity contribution in [3.05, 3.63) is 11.1 Å². The highest BCUT2D eigenvalue weighted by atomic mass is 32.2. The second kappa shape index (κ2) is 6.16. The van der Waals surface area contributed by atoms with E-state index in [-0.39, 0.29) is 18.2 Å². The van der Waals surface area contributed by atoms with E-state index < -0.39 is 5.97 Å². The van der Waals surface area contributed by atoms with E-state index in [0.29, 0.717) is 29.5 Å². The van der Waals surface area contributed by atoms with Crippen LogP contribution >= 0.6 is 23.1 Å². The predicted molar refractivity (Wildman–Crippen MR) is 72.5 cm³/mol. The van der Waals surface area contributed by atoms with Crippen molar-refractivity contribution in [2.75, 3.05) is 16.4 Å². The van der Waals surface area contributed by atoms with Gasteiger partial charge in [-0.25, -0.2) is 9.88 Å². The molecule has 2 rings (SSSR count). The van der Waals surface area contributed by atoms with Crippen LogP contribution in [0.4, 0.5) is 5.13 Å². The lowest BCUT2D eigenvalue weighted by Crippen LogP contribution is -2.43. The fraction of sp³-hybridized carbons (Fsp3) is 0.455. The number of amides is 2. The van der Waals surface area contributed by atoms with Gasteiger partial charge in [-0.3, -0.25) is 14.4 Å². The second-order valence-corrected chi connectivity index (χ2v) is 5.81. The molecule has 102 valence electrons. The highest BCUT2D eigenvalue weighted by molar-refractivity contribution is 8.00. The predicted octanol–water partition coefficient (Wildman–Crippen LogP) is 1.16. The van der Waals surface area contributed by atoms with Crippen molar-refractivity contribution in [3.8, 4) is 0 Å². The van der Waals surface area contributed by atoms with Gasteiger partial charge < -0.3 is 5.11 Å². The first-order chi connectivity index (χ1) is 9.08. The Morgan fingerprint density at radius 1 is 1.37 bits per heavy atom. The zero-order valence-electron chi connectivity index (χ0n) is 10.00. The lowest BCUT2D eigenvalue weighted by Gasteiger charge is -2.21. The van der Waals surface area contributed by atoms with Gasteiger partial charge in [0.15, 0.2) is 5.13 Å². The summed E-state index contributed by atoms with van der Waals surface area (Å²) in [7, 11) is 0. The summed E-state index contributed by atoms with van der Waals surface area (Å²) in [6, 6.07) is 0. The van der Waals surface area contributed by atoms with Crippen LogP contribution in [-0.4, -0.2) is 39.4 Å². The summed E-state index contributed by atoms with van der Waals surface area (Å²) in [5.41, 5.74) is 0.722. The van der Waals surface area contributed by atoms with Crippen LogP contribution in [0, 0.1) is 0 Å². The van der Waals surface area contributed by atoms with Crippen molar-refractivity contribution < 1.29 is 19.5 Å². The van der Waals surface area contributed by atoms with Gasteiger partial charge >= 0.3 is 5.97 Å². The molecule has 2 amide bonds. The fourth-order valence-electron chi connectivity index (χ4n) is 1.64. The average molecular weight is 300 g/mol. The molecular weight excluding hydrogens is 288 g/mol. The Labute approximate surface area is 117 Å². The maximum atomic E-state index is 11.7. The van der Waals surface area contributed by atoms with Crippen molar-refractivity contribution >= 4 is 46.0 Å². The first kappa shape index (κ1) is 14.0. The van der Waals surface area contributed by atoms with Crippen LogP contribution in [0.25, 0.3) is 0 Å². The third-order valence-corrected chi connectivity index (χ3v) is 4.28. The lowest BCUT2D eigenvalue weighted by atomic mass is 10.2. The highest BCUT2D eigenvalue weighted by Crippen LogP contribution is 2.25. The number of aromatic nitrogens is 1. The van der Waals surface area contributed by atoms with Gasteiger partial charge in [0.05, 0.1) is 17.2 Å². The molecule has 0 bridgehead atoms. The first-order valence-electron chi connectivity index (χ1n) is 5.67. The number of nitrogens with zero attached hydrogens (tertiary/aromatic N) is 2. The average Bonchev–Trinajstić information content (AvgIpc) is 2.77. The molecule has 2 heterocycles. The van der Waals surface area contributed by atoms with Gasteiger partial charge in [-0.2, -0.15) is 0 Å². The molecule has 0 aromatic carbocycles. The van der Waals surface area contributed by atoms with Gasteiger partial charge in [0, 0.05) is 11.8 Å². The summed E-state index contributed by atoms with van der Waals surface area (Å²) in [5.74, 6) is -0.742. The lowest BCUT2D eigenvalue weighted by molar-refractivity contribution is -0.137. The molecule has 0 saturated carbocycles. The number of thiazole rings is 1. The minimum absolute atomic E-state index is 0.0884. The molecule has 8 heteroatoms. The van der Waals surface area contributed by atoms with Crippen LogP contribution in [0.1, 0.15) is 18.5 Å². The van der Waals surface area contributed by atoms with E-state index in [1.165, 1.54) is 23.1 Å². The third kappa shape index (κ3) is 3.54. The molecule has 0 spiro atoms. The molecule has 1 fully saturated rings. The van der Waals surface area contributed by atoms with Crippen molar-refractivity contribution in [2.45, 2.75) is 19.3 Å². The summed E-state index contributed by atoms with van der Waals surface area (Å²) >= 11 is 2.54. The van der Waals surface area contributed by atoms with Crippen LogP contribution in [-0.2, 0) is 20.8 Å². The SMILES string of the molecule is O=C(O)CCCc1csc(N2C(=O)CSCC2=O)n1. The summed E-state index contributed by atoms with van der Waals surface area (Å²) in [6.45, 7) is 0. The fourth-order valence-corrected chi connectivity index (χ4v) is 3.24. The maximum absolute atomic E-state index is 11.7. The number of rotatable bonds is 5. The number of imide groups is 1. The summed E-state index contributed by atoms with van der Waals surface area (Å²) in [6.07, 6.45) is 1.12. The van der Waals surface area contributed by atoms with E-state index in [4.69, 9.17) is 5.11 Å². The molecule has 1 aliphatic heterocycles. The van der Waals surface area contributed by atoms with E-state index in [1.54, 1.807) is 5.38 Å². The molecule has 0 aliphatic carbocycles. The monoisotopic (exact) mass is 300 g/mol. The minimum atomic E-state index is -0.839. The Balaban J connectivity index is 2.01. The van der Waals surface area contributed by atoms with E-state index in [9.17, 15) is 14.4 Å². The van der Waals surface area contributed by atoms with Crippen molar-refractivity contribution in [1.29, 1.82) is 0 Å². The molecule has 19 heavy (non-hydrogen) atoms. The summed E-state index contributed by atoms with van der Waals surface area (Å²) in [5, 5.41) is 10.7. The Bertz CT molecular complexity index is 499. The Hall–Kier alpha value is -1.41. The zero-order chi connectivity index (χ0) is 13.8. The van der Waals surface area contributed by atoms with Crippen molar-refractivity contribution in [3.63, 3.8) is 0 Å². The maximum Gasteiger partial charge on any atom is 0.303 e. The number of hydrogen-bond acceptors (Lipinski definition) is 6. The number of carbonyl (C=O) groups is 3. The Morgan fingerprint density at radius 3 is 2.68 bits per heavy atom. The number of thioether (sulfide) groups is 1. The number of anilines is 1. The van der Waals surface area contributed by atoms with Gasteiger partial charge in [-0.15, -0.1) is 23.1 Å². The molecular formula is C11H12N2O4S2. The molecule has 6 nitrogen and oxygen atoms in total. The molecule has 1 saturated heterocycles. The zero-order valence-corrected chi connectivity index (χ0v) is 11.6. The van der Waals surface area contributed by atoms with Crippen LogP contribution in [0.2, 0.25) is 0 Å². The topological polar surface area (TPSA) is 87.6 Å². The molecule has 1 aliphatic rings. The van der Waals surface area contributed by atoms with Crippen LogP contribution in [0.15, 0.2) is 5.38 Å². The van der Waals surface area contributed by atoms with E-state index in [1.807, 2.05) is 0 Å². The molecule has 0 unspecified atom stereocenters. The Morgan fingerprint density at radius 2 is 2.05 bits per heavy atom. The Kier molecular flexibility index (Phi) is 4.54. The molecule has 1 aromatic rings. The van der Waals surface area contributed by atoms with Gasteiger partial charge in [0.2, 0.25) is 11.8 Å². The van der Waals surface area contributed by atoms with Crippen molar-refractivity contribution in [1.82, 2.24) is 4.98 Å². The number of aryl methyl sites for hydroxylation is 1. The second-order valence-electron chi connectivity index (χ2n) is 3.98. The van der Waals surface area contributed by atoms with Crippen LogP contribution in [0.5, 0.6) is 0 Å². The van der Waals surface area contributed by atoms with Gasteiger partial charge in [-0.1, -0.05) is 0 Å². The molecule has 1 N–H and O–H groups in total. The van der Waals surface area contributed by atoms with E-state index >= 15 is 0 Å². The van der Waals surface area contributed by atoms with Crippen molar-refractivity contribution in [2.24, 2.45) is 0 Å². The van der Waals surface area contributed by atoms with Crippen LogP contribution in [0.3, 0.4) is 0 Å². The third-order valence-electron chi connectivity index (χ3n) is 2.50. The standard InChI is InChI=1S/C11H12N2O4S2/c14-8-5-18-6-9(15)13(8)11-12-7(4-19-11)2-1-3-10(16)17/h4H,1-3,5-6H2,(H,16,17). The van der Waals surface area contributed by atoms with Gasteiger partial charge in [-0.05, 0) is 12.8 Å². The largest absolute Gasteiger partial charge is 0.481 e. The number of aliphatic carboxylic acids is 1. The number of carbonyl (C=O) groups excluding carboxylic acids is 2. The molecule has 0 radical (unpaired) electrons. The molecule has 1 aromatic heterocycles. The first-order valence-corrected chi connectivity index (χ1v) is 7.71. The van der Waals surface area contributed by atoms with E-state index in [0.717, 1.165) is 10.6 Å². The quantitative estimate of drug-likeness (QED) is 0.821. The smallest absolute Gasteiger partial charge is 0.303 e. The van der Waals surface area contributed by atoms with Gasteiger partial charge in [0.25, 0.3) is 0 Å². The summed E-state index contributed by atoms with van der Waals surface area (Å²) in [4.78, 5) is 39.2. The summed E-state index contributed by atoms with van der Waals surface area (Å²) < 4.78 is 0. The van der Waals surface area contributed by atoms with Gasteiger partial charge in [0.1, 0.15) is 0 Å². The number of carboxylic acid groups (broad SMARTS) is 1. The minimum Gasteiger partial charge on any atom is -0.481 e. The van der Waals surface area contributed by atoms with Crippen LogP contribution < -0.4 is 4.90 Å². The molecule has 0 atom stereocenters. The van der Waals surface area contributed by atoms with E-state index in [2.05, 4.69) is 4.98 Å². The highest BCUT2D eigenvalue weighted by Gasteiger charge is 2.29. The normalized spacial score (nSPS) is 15.9.